The van der Waals surface area contributed by atoms with E-state index >= 15 is 0 Å². The number of hydrogen-bond acceptors (Lipinski definition) is 6. The number of nitrogens with one attached hydrogen (secondary N) is 1. The number of thiophene rings is 1. The summed E-state index contributed by atoms with van der Waals surface area (Å²) < 4.78 is 44.9. The molecule has 164 valence electrons. The highest BCUT2D eigenvalue weighted by molar-refractivity contribution is 9.10. The Kier molecular flexibility index (Phi) is 6.97. The lowest BCUT2D eigenvalue weighted by Gasteiger charge is -2.14. The van der Waals surface area contributed by atoms with E-state index in [0.717, 1.165) is 16.0 Å². The van der Waals surface area contributed by atoms with E-state index in [1.54, 1.807) is 6.92 Å². The fourth-order valence-corrected chi connectivity index (χ4v) is 4.21. The lowest BCUT2D eigenvalue weighted by molar-refractivity contribution is -0.142. The van der Waals surface area contributed by atoms with Gasteiger partial charge in [-0.25, -0.2) is 4.79 Å². The molecular formula is C17H18BrF3N4O4S. The van der Waals surface area contributed by atoms with Crippen molar-refractivity contribution in [2.75, 3.05) is 11.9 Å². The minimum Gasteiger partial charge on any atom is -0.462 e. The SMILES string of the molecule is CCOC(=O)c1c(NC(=O)C(C)n2nc(C(F)(F)F)c(Br)c2C)sc(C(N)=O)c1C. The summed E-state index contributed by atoms with van der Waals surface area (Å²) in [6.07, 6.45) is -4.70. The highest BCUT2D eigenvalue weighted by atomic mass is 79.9. The lowest BCUT2D eigenvalue weighted by atomic mass is 10.1. The number of hydrogen-bond donors (Lipinski definition) is 2. The minimum absolute atomic E-state index is 0.0107. The summed E-state index contributed by atoms with van der Waals surface area (Å²) in [4.78, 5) is 36.7. The first-order chi connectivity index (χ1) is 13.8. The third-order valence-electron chi connectivity index (χ3n) is 4.18. The smallest absolute Gasteiger partial charge is 0.436 e. The highest BCUT2D eigenvalue weighted by Crippen LogP contribution is 2.37. The molecule has 1 atom stereocenters. The van der Waals surface area contributed by atoms with Crippen LogP contribution >= 0.6 is 27.3 Å². The maximum Gasteiger partial charge on any atom is 0.436 e. The van der Waals surface area contributed by atoms with Gasteiger partial charge in [0.2, 0.25) is 5.91 Å². The van der Waals surface area contributed by atoms with Crippen LogP contribution in [0, 0.1) is 13.8 Å². The van der Waals surface area contributed by atoms with Crippen molar-refractivity contribution in [3.8, 4) is 0 Å². The first kappa shape index (κ1) is 23.9. The number of rotatable bonds is 6. The number of anilines is 1. The zero-order chi connectivity index (χ0) is 23.0. The number of halogens is 4. The summed E-state index contributed by atoms with van der Waals surface area (Å²) in [5.41, 5.74) is 4.45. The molecule has 2 aromatic rings. The molecule has 0 spiro atoms. The molecule has 2 rings (SSSR count). The van der Waals surface area contributed by atoms with Crippen LogP contribution in [0.15, 0.2) is 4.47 Å². The van der Waals surface area contributed by atoms with Gasteiger partial charge in [0.25, 0.3) is 5.91 Å². The second-order valence-corrected chi connectivity index (χ2v) is 8.01. The molecule has 2 aromatic heterocycles. The van der Waals surface area contributed by atoms with Crippen LogP contribution in [0.2, 0.25) is 0 Å². The van der Waals surface area contributed by atoms with E-state index in [2.05, 4.69) is 26.3 Å². The van der Waals surface area contributed by atoms with E-state index in [1.807, 2.05) is 0 Å². The Labute approximate surface area is 181 Å². The van der Waals surface area contributed by atoms with Crippen LogP contribution in [0.25, 0.3) is 0 Å². The molecule has 0 saturated carbocycles. The van der Waals surface area contributed by atoms with Gasteiger partial charge in [0, 0.05) is 0 Å². The molecule has 0 radical (unpaired) electrons. The first-order valence-corrected chi connectivity index (χ1v) is 10.1. The zero-order valence-corrected chi connectivity index (χ0v) is 18.7. The number of ether oxygens (including phenoxy) is 1. The summed E-state index contributed by atoms with van der Waals surface area (Å²) in [7, 11) is 0. The summed E-state index contributed by atoms with van der Waals surface area (Å²) in [5.74, 6) is -2.30. The molecule has 1 unspecified atom stereocenters. The zero-order valence-electron chi connectivity index (χ0n) is 16.3. The normalized spacial score (nSPS) is 12.5. The summed E-state index contributed by atoms with van der Waals surface area (Å²) in [6.45, 7) is 5.85. The van der Waals surface area contributed by atoms with Crippen LogP contribution in [0.1, 0.15) is 56.9 Å². The Morgan fingerprint density at radius 1 is 1.33 bits per heavy atom. The molecule has 3 N–H and O–H groups in total. The Morgan fingerprint density at radius 2 is 1.93 bits per heavy atom. The fourth-order valence-electron chi connectivity index (χ4n) is 2.67. The average Bonchev–Trinajstić information content (AvgIpc) is 3.11. The minimum atomic E-state index is -4.70. The number of primary amides is 1. The van der Waals surface area contributed by atoms with Gasteiger partial charge in [-0.15, -0.1) is 11.3 Å². The fraction of sp³-hybridized carbons (Fsp3) is 0.412. The van der Waals surface area contributed by atoms with Gasteiger partial charge in [0.1, 0.15) is 11.0 Å². The topological polar surface area (TPSA) is 116 Å². The van der Waals surface area contributed by atoms with Crippen LogP contribution in [0.5, 0.6) is 0 Å². The van der Waals surface area contributed by atoms with Crippen molar-refractivity contribution in [3.63, 3.8) is 0 Å². The molecule has 30 heavy (non-hydrogen) atoms. The number of carbonyl (C=O) groups excluding carboxylic acids is 3. The van der Waals surface area contributed by atoms with E-state index < -0.39 is 35.7 Å². The highest BCUT2D eigenvalue weighted by Gasteiger charge is 2.39. The van der Waals surface area contributed by atoms with Crippen molar-refractivity contribution >= 4 is 50.1 Å². The number of alkyl halides is 3. The molecule has 0 aliphatic carbocycles. The van der Waals surface area contributed by atoms with E-state index in [1.165, 1.54) is 20.8 Å². The maximum atomic E-state index is 13.1. The van der Waals surface area contributed by atoms with E-state index in [9.17, 15) is 27.6 Å². The molecule has 0 bridgehead atoms. The van der Waals surface area contributed by atoms with Gasteiger partial charge in [-0.3, -0.25) is 14.3 Å². The van der Waals surface area contributed by atoms with Crippen molar-refractivity contribution in [2.45, 2.75) is 39.9 Å². The molecule has 0 aliphatic heterocycles. The second kappa shape index (κ2) is 8.76. The number of aromatic nitrogens is 2. The Hall–Kier alpha value is -2.41. The van der Waals surface area contributed by atoms with Gasteiger partial charge in [-0.2, -0.15) is 18.3 Å². The van der Waals surface area contributed by atoms with E-state index in [0.29, 0.717) is 0 Å². The third kappa shape index (κ3) is 4.51. The molecule has 0 aromatic carbocycles. The molecule has 0 fully saturated rings. The van der Waals surface area contributed by atoms with Crippen molar-refractivity contribution < 1.29 is 32.3 Å². The quantitative estimate of drug-likeness (QED) is 0.573. The molecular weight excluding hydrogens is 493 g/mol. The molecule has 2 amide bonds. The maximum absolute atomic E-state index is 13.1. The monoisotopic (exact) mass is 510 g/mol. The standard InChI is InChI=1S/C17H18BrF3N4O4S/c1-5-29-16(28)9-6(2)11(13(22)26)30-15(9)23-14(27)8(4)25-7(3)10(18)12(24-25)17(19,20)21/h8H,5H2,1-4H3,(H2,22,26)(H,23,27). The van der Waals surface area contributed by atoms with Gasteiger partial charge in [0.05, 0.1) is 27.2 Å². The van der Waals surface area contributed by atoms with Crippen molar-refractivity contribution in [3.05, 3.63) is 31.9 Å². The van der Waals surface area contributed by atoms with Gasteiger partial charge in [-0.05, 0) is 49.2 Å². The third-order valence-corrected chi connectivity index (χ3v) is 6.35. The predicted octanol–water partition coefficient (Wildman–Crippen LogP) is 3.82. The second-order valence-electron chi connectivity index (χ2n) is 6.20. The Balaban J connectivity index is 2.42. The number of nitrogens with zero attached hydrogens (tertiary/aromatic N) is 2. The molecule has 0 saturated heterocycles. The van der Waals surface area contributed by atoms with Crippen molar-refractivity contribution in [1.29, 1.82) is 0 Å². The molecule has 13 heteroatoms. The number of carbonyl (C=O) groups is 3. The van der Waals surface area contributed by atoms with Crippen LogP contribution in [-0.4, -0.2) is 34.2 Å². The summed E-state index contributed by atoms with van der Waals surface area (Å²) in [6, 6.07) is -1.16. The molecule has 8 nitrogen and oxygen atoms in total. The first-order valence-electron chi connectivity index (χ1n) is 8.54. The molecule has 2 heterocycles. The Morgan fingerprint density at radius 3 is 2.40 bits per heavy atom. The van der Waals surface area contributed by atoms with Gasteiger partial charge in [-0.1, -0.05) is 0 Å². The summed E-state index contributed by atoms with van der Waals surface area (Å²) >= 11 is 3.63. The van der Waals surface area contributed by atoms with Gasteiger partial charge in [0.15, 0.2) is 5.69 Å². The van der Waals surface area contributed by atoms with E-state index in [-0.39, 0.29) is 37.8 Å². The lowest BCUT2D eigenvalue weighted by Crippen LogP contribution is -2.26. The average molecular weight is 511 g/mol. The number of nitrogens with two attached hydrogens (primary N) is 1. The van der Waals surface area contributed by atoms with E-state index in [4.69, 9.17) is 10.5 Å². The van der Waals surface area contributed by atoms with Crippen LogP contribution < -0.4 is 11.1 Å². The largest absolute Gasteiger partial charge is 0.462 e. The van der Waals surface area contributed by atoms with Gasteiger partial charge < -0.3 is 15.8 Å². The number of amides is 2. The van der Waals surface area contributed by atoms with Crippen LogP contribution in [0.4, 0.5) is 18.2 Å². The number of esters is 1. The predicted molar refractivity (Wildman–Crippen MR) is 107 cm³/mol. The Bertz CT molecular complexity index is 1020. The summed E-state index contributed by atoms with van der Waals surface area (Å²) in [5, 5.41) is 5.99. The van der Waals surface area contributed by atoms with Crippen LogP contribution in [0.3, 0.4) is 0 Å². The molecule has 0 aliphatic rings. The van der Waals surface area contributed by atoms with Crippen molar-refractivity contribution in [2.24, 2.45) is 5.73 Å². The van der Waals surface area contributed by atoms with Gasteiger partial charge >= 0.3 is 12.1 Å². The van der Waals surface area contributed by atoms with Crippen LogP contribution in [-0.2, 0) is 15.7 Å². The van der Waals surface area contributed by atoms with Crippen molar-refractivity contribution in [1.82, 2.24) is 9.78 Å².